The summed E-state index contributed by atoms with van der Waals surface area (Å²) in [5.74, 6) is -1.12. The molecule has 0 spiro atoms. The van der Waals surface area contributed by atoms with E-state index in [-0.39, 0.29) is 11.7 Å². The van der Waals surface area contributed by atoms with Gasteiger partial charge in [0.2, 0.25) is 0 Å². The third-order valence-electron chi connectivity index (χ3n) is 5.87. The van der Waals surface area contributed by atoms with Crippen molar-refractivity contribution in [3.63, 3.8) is 0 Å². The fourth-order valence-electron chi connectivity index (χ4n) is 4.12. The highest BCUT2D eigenvalue weighted by Crippen LogP contribution is 2.33. The van der Waals surface area contributed by atoms with E-state index in [4.69, 9.17) is 4.74 Å². The summed E-state index contributed by atoms with van der Waals surface area (Å²) >= 11 is 0. The number of carbonyl (C=O) groups excluding carboxylic acids is 2. The Hall–Kier alpha value is -3.32. The number of nitrogens with zero attached hydrogens (tertiary/aromatic N) is 3. The van der Waals surface area contributed by atoms with Gasteiger partial charge in [-0.05, 0) is 62.4 Å². The van der Waals surface area contributed by atoms with Gasteiger partial charge in [-0.1, -0.05) is 19.1 Å². The van der Waals surface area contributed by atoms with E-state index < -0.39 is 17.6 Å². The molecule has 0 aliphatic carbocycles. The molecule has 2 heterocycles. The summed E-state index contributed by atoms with van der Waals surface area (Å²) in [5.41, 5.74) is 1.98. The molecule has 2 aliphatic rings. The molecule has 1 saturated heterocycles. The molecular weight excluding hydrogens is 406 g/mol. The number of aliphatic hydroxyl groups is 1. The highest BCUT2D eigenvalue weighted by atomic mass is 16.5. The van der Waals surface area contributed by atoms with Crippen LogP contribution in [0.3, 0.4) is 0 Å². The highest BCUT2D eigenvalue weighted by Gasteiger charge is 2.40. The standard InChI is InChI=1S/C25H29N3O4/c1-4-26-13-15-27(16-14-26)19-7-9-20(10-8-19)28-24(30)22(23(29)25(28)31)18-5-11-21(12-6-18)32-17(2)3/h5-12,17,29H,4,13-16H2,1-3H3. The maximum atomic E-state index is 13.1. The van der Waals surface area contributed by atoms with Gasteiger partial charge < -0.3 is 19.6 Å². The molecule has 0 radical (unpaired) electrons. The van der Waals surface area contributed by atoms with Crippen LogP contribution in [0.2, 0.25) is 0 Å². The van der Waals surface area contributed by atoms with Gasteiger partial charge in [-0.3, -0.25) is 9.59 Å². The predicted molar refractivity (Wildman–Crippen MR) is 125 cm³/mol. The van der Waals surface area contributed by atoms with E-state index in [1.54, 1.807) is 36.4 Å². The second-order valence-corrected chi connectivity index (χ2v) is 8.30. The quantitative estimate of drug-likeness (QED) is 0.701. The Kier molecular flexibility index (Phi) is 6.19. The topological polar surface area (TPSA) is 73.3 Å². The van der Waals surface area contributed by atoms with Gasteiger partial charge in [0.05, 0.1) is 17.4 Å². The third kappa shape index (κ3) is 4.21. The number of rotatable bonds is 6. The Bertz CT molecular complexity index is 1020. The molecule has 7 nitrogen and oxygen atoms in total. The van der Waals surface area contributed by atoms with Crippen LogP contribution in [-0.2, 0) is 9.59 Å². The molecule has 2 aromatic carbocycles. The lowest BCUT2D eigenvalue weighted by atomic mass is 10.1. The molecule has 1 fully saturated rings. The van der Waals surface area contributed by atoms with E-state index in [1.165, 1.54) is 0 Å². The minimum absolute atomic E-state index is 0.00543. The lowest BCUT2D eigenvalue weighted by Crippen LogP contribution is -2.46. The van der Waals surface area contributed by atoms with Crippen LogP contribution >= 0.6 is 0 Å². The van der Waals surface area contributed by atoms with E-state index in [0.717, 1.165) is 43.3 Å². The SMILES string of the molecule is CCN1CCN(c2ccc(N3C(=O)C(O)=C(c4ccc(OC(C)C)cc4)C3=O)cc2)CC1. The van der Waals surface area contributed by atoms with E-state index in [9.17, 15) is 14.7 Å². The number of hydrogen-bond acceptors (Lipinski definition) is 6. The molecule has 0 bridgehead atoms. The average Bonchev–Trinajstić information content (AvgIpc) is 3.02. The Morgan fingerprint density at radius 1 is 0.875 bits per heavy atom. The number of benzene rings is 2. The lowest BCUT2D eigenvalue weighted by molar-refractivity contribution is -0.121. The molecule has 2 amide bonds. The summed E-state index contributed by atoms with van der Waals surface area (Å²) in [4.78, 5) is 31.5. The summed E-state index contributed by atoms with van der Waals surface area (Å²) in [5, 5.41) is 10.5. The van der Waals surface area contributed by atoms with E-state index in [1.807, 2.05) is 26.0 Å². The second-order valence-electron chi connectivity index (χ2n) is 8.30. The van der Waals surface area contributed by atoms with Gasteiger partial charge in [0.1, 0.15) is 5.75 Å². The Morgan fingerprint density at radius 3 is 2.03 bits per heavy atom. The second kappa shape index (κ2) is 9.04. The largest absolute Gasteiger partial charge is 0.502 e. The van der Waals surface area contributed by atoms with Crippen molar-refractivity contribution in [2.45, 2.75) is 26.9 Å². The minimum Gasteiger partial charge on any atom is -0.502 e. The molecule has 0 saturated carbocycles. The van der Waals surface area contributed by atoms with Crippen LogP contribution in [0.15, 0.2) is 54.3 Å². The summed E-state index contributed by atoms with van der Waals surface area (Å²) in [7, 11) is 0. The molecule has 7 heteroatoms. The van der Waals surface area contributed by atoms with Crippen molar-refractivity contribution in [2.75, 3.05) is 42.5 Å². The van der Waals surface area contributed by atoms with Crippen molar-refractivity contribution in [3.05, 3.63) is 59.9 Å². The van der Waals surface area contributed by atoms with Crippen LogP contribution in [0.1, 0.15) is 26.3 Å². The molecule has 0 unspecified atom stereocenters. The molecule has 0 atom stereocenters. The van der Waals surface area contributed by atoms with E-state index >= 15 is 0 Å². The minimum atomic E-state index is -0.711. The number of amides is 2. The summed E-state index contributed by atoms with van der Waals surface area (Å²) in [6, 6.07) is 14.2. The van der Waals surface area contributed by atoms with Gasteiger partial charge in [-0.2, -0.15) is 0 Å². The number of carbonyl (C=O) groups is 2. The summed E-state index contributed by atoms with van der Waals surface area (Å²) in [6.45, 7) is 11.0. The van der Waals surface area contributed by atoms with Crippen molar-refractivity contribution in [2.24, 2.45) is 0 Å². The number of piperazine rings is 1. The molecule has 2 aromatic rings. The Balaban J connectivity index is 1.51. The molecule has 2 aliphatic heterocycles. The zero-order chi connectivity index (χ0) is 22.8. The molecular formula is C25H29N3O4. The zero-order valence-corrected chi connectivity index (χ0v) is 18.7. The number of aliphatic hydroxyl groups excluding tert-OH is 1. The van der Waals surface area contributed by atoms with Crippen LogP contribution in [-0.4, -0.2) is 60.6 Å². The Labute approximate surface area is 188 Å². The molecule has 4 rings (SSSR count). The smallest absolute Gasteiger partial charge is 0.301 e. The number of likely N-dealkylation sites (N-methyl/N-ethyl adjacent to an activating group) is 1. The maximum Gasteiger partial charge on any atom is 0.301 e. The van der Waals surface area contributed by atoms with Gasteiger partial charge in [0, 0.05) is 31.9 Å². The first-order chi connectivity index (χ1) is 15.4. The molecule has 1 N–H and O–H groups in total. The number of anilines is 2. The van der Waals surface area contributed by atoms with E-state index in [0.29, 0.717) is 17.0 Å². The third-order valence-corrected chi connectivity index (χ3v) is 5.87. The fourth-order valence-corrected chi connectivity index (χ4v) is 4.12. The zero-order valence-electron chi connectivity index (χ0n) is 18.7. The lowest BCUT2D eigenvalue weighted by Gasteiger charge is -2.35. The monoisotopic (exact) mass is 435 g/mol. The van der Waals surface area contributed by atoms with Gasteiger partial charge in [-0.25, -0.2) is 4.90 Å². The van der Waals surface area contributed by atoms with Crippen LogP contribution < -0.4 is 14.5 Å². The van der Waals surface area contributed by atoms with Gasteiger partial charge in [-0.15, -0.1) is 0 Å². The first kappa shape index (κ1) is 21.9. The average molecular weight is 436 g/mol. The fraction of sp³-hybridized carbons (Fsp3) is 0.360. The van der Waals surface area contributed by atoms with E-state index in [2.05, 4.69) is 16.7 Å². The van der Waals surface area contributed by atoms with Crippen LogP contribution in [0.4, 0.5) is 11.4 Å². The normalized spacial score (nSPS) is 17.6. The number of hydrogen-bond donors (Lipinski definition) is 1. The van der Waals surface area contributed by atoms with Crippen LogP contribution in [0, 0.1) is 0 Å². The Morgan fingerprint density at radius 2 is 1.47 bits per heavy atom. The van der Waals surface area contributed by atoms with Crippen molar-refractivity contribution in [1.29, 1.82) is 0 Å². The van der Waals surface area contributed by atoms with Crippen molar-refractivity contribution >= 4 is 28.8 Å². The van der Waals surface area contributed by atoms with Crippen molar-refractivity contribution in [1.82, 2.24) is 4.90 Å². The van der Waals surface area contributed by atoms with Gasteiger partial charge in [0.15, 0.2) is 5.76 Å². The maximum absolute atomic E-state index is 13.1. The van der Waals surface area contributed by atoms with Crippen molar-refractivity contribution in [3.8, 4) is 5.75 Å². The molecule has 0 aromatic heterocycles. The van der Waals surface area contributed by atoms with Crippen LogP contribution in [0.5, 0.6) is 5.75 Å². The number of imide groups is 1. The molecule has 32 heavy (non-hydrogen) atoms. The first-order valence-corrected chi connectivity index (χ1v) is 11.1. The van der Waals surface area contributed by atoms with Crippen molar-refractivity contribution < 1.29 is 19.4 Å². The number of ether oxygens (including phenoxy) is 1. The van der Waals surface area contributed by atoms with Gasteiger partial charge in [0.25, 0.3) is 5.91 Å². The predicted octanol–water partition coefficient (Wildman–Crippen LogP) is 3.46. The first-order valence-electron chi connectivity index (χ1n) is 11.1. The summed E-state index contributed by atoms with van der Waals surface area (Å²) in [6.07, 6.45) is 0.0251. The molecule has 168 valence electrons. The van der Waals surface area contributed by atoms with Gasteiger partial charge >= 0.3 is 5.91 Å². The summed E-state index contributed by atoms with van der Waals surface area (Å²) < 4.78 is 5.62. The van der Waals surface area contributed by atoms with Crippen LogP contribution in [0.25, 0.3) is 5.57 Å². The highest BCUT2D eigenvalue weighted by molar-refractivity contribution is 6.44.